The third kappa shape index (κ3) is 7.43. The van der Waals surface area contributed by atoms with Gasteiger partial charge in [-0.15, -0.1) is 0 Å². The largest absolute Gasteiger partial charge is 0.503 e. The van der Waals surface area contributed by atoms with Crippen molar-refractivity contribution in [3.8, 4) is 11.1 Å². The van der Waals surface area contributed by atoms with Crippen LogP contribution in [0.1, 0.15) is 23.7 Å². The molecule has 154 valence electrons. The maximum absolute atomic E-state index is 12.7. The lowest BCUT2D eigenvalue weighted by Gasteiger charge is -2.09. The minimum absolute atomic E-state index is 0.0372. The van der Waals surface area contributed by atoms with E-state index in [1.807, 2.05) is 73.0 Å². The van der Waals surface area contributed by atoms with E-state index in [9.17, 15) is 4.79 Å². The lowest BCUT2D eigenvalue weighted by atomic mass is 9.99. The SMILES string of the molecule is CC(=CSc1ccccc1)CC(=O)c1cccc(-c2ccccc2)c1Cl.O=C(O)O. The molecule has 2 N–H and O–H groups in total. The number of halogens is 1. The lowest BCUT2D eigenvalue weighted by Crippen LogP contribution is -2.01. The summed E-state index contributed by atoms with van der Waals surface area (Å²) in [6, 6.07) is 25.6. The van der Waals surface area contributed by atoms with Crippen molar-refractivity contribution in [3.05, 3.63) is 100 Å². The van der Waals surface area contributed by atoms with Gasteiger partial charge in [-0.2, -0.15) is 0 Å². The van der Waals surface area contributed by atoms with E-state index >= 15 is 0 Å². The molecule has 0 amide bonds. The van der Waals surface area contributed by atoms with Gasteiger partial charge in [0, 0.05) is 22.4 Å². The molecule has 0 spiro atoms. The Hall–Kier alpha value is -3.02. The molecule has 0 aliphatic rings. The number of hydrogen-bond donors (Lipinski definition) is 2. The van der Waals surface area contributed by atoms with Crippen LogP contribution in [-0.4, -0.2) is 22.2 Å². The summed E-state index contributed by atoms with van der Waals surface area (Å²) in [6.07, 6.45) is -1.47. The zero-order chi connectivity index (χ0) is 21.9. The van der Waals surface area contributed by atoms with Gasteiger partial charge in [0.2, 0.25) is 0 Å². The Labute approximate surface area is 184 Å². The van der Waals surface area contributed by atoms with Crippen molar-refractivity contribution in [1.82, 2.24) is 0 Å². The summed E-state index contributed by atoms with van der Waals surface area (Å²) in [5.41, 5.74) is 3.49. The van der Waals surface area contributed by atoms with Gasteiger partial charge in [0.1, 0.15) is 0 Å². The Morgan fingerprint density at radius 3 is 2.07 bits per heavy atom. The average molecular weight is 441 g/mol. The van der Waals surface area contributed by atoms with E-state index in [4.69, 9.17) is 26.6 Å². The number of ketones is 1. The quantitative estimate of drug-likeness (QED) is 0.306. The summed E-state index contributed by atoms with van der Waals surface area (Å²) >= 11 is 8.17. The zero-order valence-electron chi connectivity index (χ0n) is 16.3. The van der Waals surface area contributed by atoms with Crippen LogP contribution >= 0.6 is 23.4 Å². The first-order valence-electron chi connectivity index (χ1n) is 9.05. The fourth-order valence-electron chi connectivity index (χ4n) is 2.65. The molecule has 0 aromatic heterocycles. The molecule has 0 radical (unpaired) electrons. The van der Waals surface area contributed by atoms with Gasteiger partial charge in [-0.3, -0.25) is 4.79 Å². The van der Waals surface area contributed by atoms with E-state index in [1.165, 1.54) is 0 Å². The highest BCUT2D eigenvalue weighted by atomic mass is 35.5. The molecular formula is C24H21ClO4S. The molecule has 0 fully saturated rings. The fraction of sp³-hybridized carbons (Fsp3) is 0.0833. The molecule has 30 heavy (non-hydrogen) atoms. The van der Waals surface area contributed by atoms with Crippen LogP contribution in [0.25, 0.3) is 11.1 Å². The van der Waals surface area contributed by atoms with Gasteiger partial charge in [0.25, 0.3) is 0 Å². The van der Waals surface area contributed by atoms with Crippen LogP contribution in [0.2, 0.25) is 5.02 Å². The van der Waals surface area contributed by atoms with Crippen molar-refractivity contribution in [2.45, 2.75) is 18.2 Å². The molecule has 0 unspecified atom stereocenters. The molecule has 0 aliphatic carbocycles. The topological polar surface area (TPSA) is 74.6 Å². The minimum atomic E-state index is -1.83. The summed E-state index contributed by atoms with van der Waals surface area (Å²) in [4.78, 5) is 22.4. The van der Waals surface area contributed by atoms with Gasteiger partial charge in [-0.1, -0.05) is 89.6 Å². The number of rotatable bonds is 6. The molecule has 0 saturated heterocycles. The second kappa shape index (κ2) is 11.9. The van der Waals surface area contributed by atoms with E-state index in [0.29, 0.717) is 17.0 Å². The molecule has 3 aromatic rings. The normalized spacial score (nSPS) is 10.7. The standard InChI is InChI=1S/C23H19ClOS.CH2O3/c1-17(16-26-19-11-6-3-7-12-19)15-22(25)21-14-8-13-20(23(21)24)18-9-4-2-5-10-18;2-1(3)4/h2-14,16H,15H2,1H3;(H2,2,3,4). The van der Waals surface area contributed by atoms with Crippen LogP contribution in [0.15, 0.2) is 94.7 Å². The van der Waals surface area contributed by atoms with Crippen molar-refractivity contribution in [1.29, 1.82) is 0 Å². The third-order valence-corrected chi connectivity index (χ3v) is 5.43. The maximum Gasteiger partial charge on any atom is 0.503 e. The first-order chi connectivity index (χ1) is 14.4. The molecule has 0 atom stereocenters. The summed E-state index contributed by atoms with van der Waals surface area (Å²) in [6.45, 7) is 1.97. The summed E-state index contributed by atoms with van der Waals surface area (Å²) < 4.78 is 0. The molecule has 0 heterocycles. The van der Waals surface area contributed by atoms with E-state index in [2.05, 4.69) is 12.1 Å². The number of Topliss-reactive ketones (excluding diaryl/α,β-unsaturated/α-hetero) is 1. The predicted molar refractivity (Wildman–Crippen MR) is 123 cm³/mol. The monoisotopic (exact) mass is 440 g/mol. The maximum atomic E-state index is 12.7. The number of thioether (sulfide) groups is 1. The lowest BCUT2D eigenvalue weighted by molar-refractivity contribution is 0.0993. The number of allylic oxidation sites excluding steroid dienone is 1. The van der Waals surface area contributed by atoms with Crippen LogP contribution in [0.3, 0.4) is 0 Å². The minimum Gasteiger partial charge on any atom is -0.450 e. The summed E-state index contributed by atoms with van der Waals surface area (Å²) in [5.74, 6) is 0.0372. The van der Waals surface area contributed by atoms with E-state index in [1.54, 1.807) is 17.8 Å². The highest BCUT2D eigenvalue weighted by Crippen LogP contribution is 2.32. The Morgan fingerprint density at radius 1 is 0.900 bits per heavy atom. The number of hydrogen-bond acceptors (Lipinski definition) is 3. The van der Waals surface area contributed by atoms with Gasteiger partial charge in [0.05, 0.1) is 5.02 Å². The van der Waals surface area contributed by atoms with Gasteiger partial charge in [0.15, 0.2) is 5.78 Å². The Bertz CT molecular complexity index is 1010. The first kappa shape index (κ1) is 23.3. The molecule has 0 bridgehead atoms. The van der Waals surface area contributed by atoms with Crippen molar-refractivity contribution in [2.75, 3.05) is 0 Å². The Morgan fingerprint density at radius 2 is 1.47 bits per heavy atom. The van der Waals surface area contributed by atoms with Crippen LogP contribution < -0.4 is 0 Å². The van der Waals surface area contributed by atoms with E-state index in [0.717, 1.165) is 21.6 Å². The molecule has 3 rings (SSSR count). The molecular weight excluding hydrogens is 420 g/mol. The van der Waals surface area contributed by atoms with E-state index < -0.39 is 6.16 Å². The Balaban J connectivity index is 0.000000735. The zero-order valence-corrected chi connectivity index (χ0v) is 17.9. The van der Waals surface area contributed by atoms with Crippen LogP contribution in [0.5, 0.6) is 0 Å². The van der Waals surface area contributed by atoms with Crippen LogP contribution in [-0.2, 0) is 0 Å². The summed E-state index contributed by atoms with van der Waals surface area (Å²) in [5, 5.41) is 16.5. The first-order valence-corrected chi connectivity index (χ1v) is 10.3. The molecule has 0 saturated carbocycles. The number of benzene rings is 3. The van der Waals surface area contributed by atoms with Gasteiger partial charge in [-0.05, 0) is 36.1 Å². The predicted octanol–water partition coefficient (Wildman–Crippen LogP) is 7.50. The number of carboxylic acid groups (broad SMARTS) is 2. The van der Waals surface area contributed by atoms with Crippen molar-refractivity contribution >= 4 is 35.3 Å². The highest BCUT2D eigenvalue weighted by molar-refractivity contribution is 8.02. The molecule has 3 aromatic carbocycles. The Kier molecular flexibility index (Phi) is 9.19. The molecule has 6 heteroatoms. The fourth-order valence-corrected chi connectivity index (χ4v) is 3.72. The molecule has 0 aliphatic heterocycles. The molecule has 4 nitrogen and oxygen atoms in total. The second-order valence-corrected chi connectivity index (χ2v) is 7.63. The third-order valence-electron chi connectivity index (χ3n) is 3.96. The smallest absolute Gasteiger partial charge is 0.450 e. The van der Waals surface area contributed by atoms with Crippen LogP contribution in [0, 0.1) is 0 Å². The second-order valence-electron chi connectivity index (χ2n) is 6.31. The number of carbonyl (C=O) groups excluding carboxylic acids is 1. The van der Waals surface area contributed by atoms with E-state index in [-0.39, 0.29) is 5.78 Å². The van der Waals surface area contributed by atoms with Crippen molar-refractivity contribution < 1.29 is 19.8 Å². The average Bonchev–Trinajstić information content (AvgIpc) is 2.73. The van der Waals surface area contributed by atoms with Gasteiger partial charge >= 0.3 is 6.16 Å². The van der Waals surface area contributed by atoms with Gasteiger partial charge < -0.3 is 10.2 Å². The van der Waals surface area contributed by atoms with Gasteiger partial charge in [-0.25, -0.2) is 4.79 Å². The number of carbonyl (C=O) groups is 2. The highest BCUT2D eigenvalue weighted by Gasteiger charge is 2.14. The van der Waals surface area contributed by atoms with Crippen molar-refractivity contribution in [2.24, 2.45) is 0 Å². The summed E-state index contributed by atoms with van der Waals surface area (Å²) in [7, 11) is 0. The van der Waals surface area contributed by atoms with Crippen LogP contribution in [0.4, 0.5) is 4.79 Å². The van der Waals surface area contributed by atoms with Crippen molar-refractivity contribution in [3.63, 3.8) is 0 Å².